The second kappa shape index (κ2) is 4.09. The molecule has 1 aliphatic heterocycles. The van der Waals surface area contributed by atoms with E-state index in [-0.39, 0.29) is 11.0 Å². The summed E-state index contributed by atoms with van der Waals surface area (Å²) in [6.07, 6.45) is 10.6. The highest BCUT2D eigenvalue weighted by Crippen LogP contribution is 2.60. The third-order valence-electron chi connectivity index (χ3n) is 6.78. The molecular formula is C17H25N3O. The largest absolute Gasteiger partial charge is 0.337 e. The minimum Gasteiger partial charge on any atom is -0.337 e. The van der Waals surface area contributed by atoms with Crippen LogP contribution >= 0.6 is 0 Å². The summed E-state index contributed by atoms with van der Waals surface area (Å²) in [5.74, 6) is 4.65. The van der Waals surface area contributed by atoms with Gasteiger partial charge in [-0.1, -0.05) is 5.16 Å². The minimum absolute atomic E-state index is 0.0897. The Bertz CT molecular complexity index is 523. The zero-order valence-electron chi connectivity index (χ0n) is 12.9. The molecule has 1 aromatic heterocycles. The molecule has 4 saturated carbocycles. The zero-order chi connectivity index (χ0) is 14.1. The minimum atomic E-state index is -0.0897. The molecule has 4 heteroatoms. The van der Waals surface area contributed by atoms with E-state index in [4.69, 9.17) is 9.51 Å². The lowest BCUT2D eigenvalue weighted by atomic mass is 9.49. The van der Waals surface area contributed by atoms with Gasteiger partial charge in [-0.25, -0.2) is 0 Å². The molecule has 2 heterocycles. The summed E-state index contributed by atoms with van der Waals surface area (Å²) in [5, 5.41) is 8.01. The van der Waals surface area contributed by atoms with Gasteiger partial charge in [0.2, 0.25) is 5.89 Å². The SMILES string of the molecule is CC1(c2nc(C34CC5CC(CC(C5)C3)C4)no2)CCCN1. The van der Waals surface area contributed by atoms with Crippen LogP contribution in [0.3, 0.4) is 0 Å². The summed E-state index contributed by atoms with van der Waals surface area (Å²) in [6.45, 7) is 3.27. The first-order chi connectivity index (χ1) is 10.2. The monoisotopic (exact) mass is 287 g/mol. The van der Waals surface area contributed by atoms with Crippen molar-refractivity contribution < 1.29 is 4.52 Å². The maximum atomic E-state index is 5.72. The molecule has 114 valence electrons. The van der Waals surface area contributed by atoms with Crippen molar-refractivity contribution in [3.05, 3.63) is 11.7 Å². The van der Waals surface area contributed by atoms with Gasteiger partial charge < -0.3 is 9.84 Å². The van der Waals surface area contributed by atoms with Crippen LogP contribution in [0, 0.1) is 17.8 Å². The Morgan fingerprint density at radius 3 is 2.33 bits per heavy atom. The van der Waals surface area contributed by atoms with Crippen molar-refractivity contribution >= 4 is 0 Å². The molecule has 1 N–H and O–H groups in total. The second-order valence-electron chi connectivity index (χ2n) is 8.48. The highest BCUT2D eigenvalue weighted by Gasteiger charge is 2.54. The molecule has 4 aliphatic carbocycles. The number of hydrogen-bond acceptors (Lipinski definition) is 4. The number of nitrogens with zero attached hydrogens (tertiary/aromatic N) is 2. The Hall–Kier alpha value is -0.900. The topological polar surface area (TPSA) is 51.0 Å². The molecule has 0 spiro atoms. The Morgan fingerprint density at radius 2 is 1.76 bits per heavy atom. The molecule has 1 saturated heterocycles. The van der Waals surface area contributed by atoms with E-state index in [1.807, 2.05) is 0 Å². The van der Waals surface area contributed by atoms with Gasteiger partial charge in [0.05, 0.1) is 5.54 Å². The van der Waals surface area contributed by atoms with Crippen molar-refractivity contribution in [2.45, 2.75) is 69.2 Å². The third kappa shape index (κ3) is 1.77. The molecule has 0 radical (unpaired) electrons. The van der Waals surface area contributed by atoms with Crippen LogP contribution in [-0.2, 0) is 11.0 Å². The molecule has 6 rings (SSSR count). The fourth-order valence-corrected chi connectivity index (χ4v) is 6.12. The lowest BCUT2D eigenvalue weighted by Crippen LogP contribution is -2.49. The van der Waals surface area contributed by atoms with Crippen molar-refractivity contribution in [1.29, 1.82) is 0 Å². The van der Waals surface area contributed by atoms with Crippen LogP contribution in [-0.4, -0.2) is 16.7 Å². The fourth-order valence-electron chi connectivity index (χ4n) is 6.12. The van der Waals surface area contributed by atoms with Gasteiger partial charge in [-0.3, -0.25) is 0 Å². The average molecular weight is 287 g/mol. The van der Waals surface area contributed by atoms with Gasteiger partial charge in [-0.05, 0) is 82.6 Å². The Morgan fingerprint density at radius 1 is 1.10 bits per heavy atom. The number of nitrogens with one attached hydrogen (secondary N) is 1. The van der Waals surface area contributed by atoms with Crippen LogP contribution in [0.4, 0.5) is 0 Å². The standard InChI is InChI=1S/C17H25N3O/c1-16(3-2-4-18-16)15-19-14(20-21-15)17-8-11-5-12(9-17)7-13(6-11)10-17/h11-13,18H,2-10H2,1H3. The number of hydrogen-bond donors (Lipinski definition) is 1. The van der Waals surface area contributed by atoms with E-state index in [1.54, 1.807) is 0 Å². The van der Waals surface area contributed by atoms with E-state index in [2.05, 4.69) is 17.4 Å². The molecular weight excluding hydrogens is 262 g/mol. The van der Waals surface area contributed by atoms with E-state index in [0.29, 0.717) is 0 Å². The first kappa shape index (κ1) is 12.6. The maximum Gasteiger partial charge on any atom is 0.246 e. The average Bonchev–Trinajstić information content (AvgIpc) is 3.06. The van der Waals surface area contributed by atoms with E-state index >= 15 is 0 Å². The van der Waals surface area contributed by atoms with Gasteiger partial charge in [0.1, 0.15) is 0 Å². The number of rotatable bonds is 2. The lowest BCUT2D eigenvalue weighted by molar-refractivity contribution is -0.0103. The first-order valence-electron chi connectivity index (χ1n) is 8.75. The highest BCUT2D eigenvalue weighted by molar-refractivity contribution is 5.18. The quantitative estimate of drug-likeness (QED) is 0.908. The van der Waals surface area contributed by atoms with Gasteiger partial charge in [-0.2, -0.15) is 4.98 Å². The van der Waals surface area contributed by atoms with Crippen molar-refractivity contribution in [3.8, 4) is 0 Å². The summed E-state index contributed by atoms with van der Waals surface area (Å²) in [4.78, 5) is 4.91. The summed E-state index contributed by atoms with van der Waals surface area (Å²) in [5.41, 5.74) is 0.166. The molecule has 1 unspecified atom stereocenters. The number of aromatic nitrogens is 2. The van der Waals surface area contributed by atoms with E-state index in [0.717, 1.165) is 42.4 Å². The van der Waals surface area contributed by atoms with Crippen LogP contribution in [0.15, 0.2) is 4.52 Å². The van der Waals surface area contributed by atoms with Gasteiger partial charge in [-0.15, -0.1) is 0 Å². The molecule has 0 amide bonds. The predicted octanol–water partition coefficient (Wildman–Crippen LogP) is 3.14. The molecule has 5 aliphatic rings. The Labute approximate surface area is 126 Å². The van der Waals surface area contributed by atoms with Gasteiger partial charge >= 0.3 is 0 Å². The molecule has 1 atom stereocenters. The lowest BCUT2D eigenvalue weighted by Gasteiger charge is -2.55. The van der Waals surface area contributed by atoms with Crippen LogP contribution in [0.5, 0.6) is 0 Å². The summed E-state index contributed by atoms with van der Waals surface area (Å²) < 4.78 is 5.72. The Balaban J connectivity index is 1.49. The molecule has 1 aromatic rings. The molecule has 21 heavy (non-hydrogen) atoms. The first-order valence-corrected chi connectivity index (χ1v) is 8.75. The van der Waals surface area contributed by atoms with E-state index in [1.165, 1.54) is 44.9 Å². The van der Waals surface area contributed by atoms with E-state index in [9.17, 15) is 0 Å². The normalized spacial score (nSPS) is 48.1. The maximum absolute atomic E-state index is 5.72. The second-order valence-corrected chi connectivity index (χ2v) is 8.48. The molecule has 4 nitrogen and oxygen atoms in total. The van der Waals surface area contributed by atoms with Gasteiger partial charge in [0, 0.05) is 5.41 Å². The van der Waals surface area contributed by atoms with Gasteiger partial charge in [0.15, 0.2) is 5.82 Å². The fraction of sp³-hybridized carbons (Fsp3) is 0.882. The third-order valence-corrected chi connectivity index (χ3v) is 6.78. The van der Waals surface area contributed by atoms with Crippen molar-refractivity contribution in [1.82, 2.24) is 15.5 Å². The highest BCUT2D eigenvalue weighted by atomic mass is 16.5. The van der Waals surface area contributed by atoms with Crippen LogP contribution in [0.25, 0.3) is 0 Å². The Kier molecular flexibility index (Phi) is 2.46. The van der Waals surface area contributed by atoms with Crippen molar-refractivity contribution in [3.63, 3.8) is 0 Å². The summed E-state index contributed by atoms with van der Waals surface area (Å²) >= 11 is 0. The smallest absolute Gasteiger partial charge is 0.246 e. The van der Waals surface area contributed by atoms with Crippen molar-refractivity contribution in [2.24, 2.45) is 17.8 Å². The molecule has 0 aromatic carbocycles. The summed E-state index contributed by atoms with van der Waals surface area (Å²) in [6, 6.07) is 0. The van der Waals surface area contributed by atoms with Crippen LogP contribution < -0.4 is 5.32 Å². The zero-order valence-corrected chi connectivity index (χ0v) is 12.9. The van der Waals surface area contributed by atoms with Crippen molar-refractivity contribution in [2.75, 3.05) is 6.54 Å². The molecule has 4 bridgehead atoms. The molecule has 5 fully saturated rings. The van der Waals surface area contributed by atoms with Crippen LogP contribution in [0.1, 0.15) is 70.0 Å². The van der Waals surface area contributed by atoms with Gasteiger partial charge in [0.25, 0.3) is 0 Å². The van der Waals surface area contributed by atoms with E-state index < -0.39 is 0 Å². The van der Waals surface area contributed by atoms with Crippen LogP contribution in [0.2, 0.25) is 0 Å². The summed E-state index contributed by atoms with van der Waals surface area (Å²) in [7, 11) is 0. The predicted molar refractivity (Wildman–Crippen MR) is 78.7 cm³/mol.